The van der Waals surface area contributed by atoms with Crippen molar-refractivity contribution in [1.82, 2.24) is 14.9 Å². The molecule has 23 heavy (non-hydrogen) atoms. The highest BCUT2D eigenvalue weighted by Gasteiger charge is 2.44. The molecule has 3 fully saturated rings. The Kier molecular flexibility index (Phi) is 4.16. The van der Waals surface area contributed by atoms with E-state index < -0.39 is 0 Å². The maximum Gasteiger partial charge on any atom is 0.225 e. The van der Waals surface area contributed by atoms with Crippen LogP contribution in [0.5, 0.6) is 0 Å². The SMILES string of the molecule is O=C1CCC2C(CCN2c2ncccn2)N1CC1CCOCC1. The quantitative estimate of drug-likeness (QED) is 0.845. The van der Waals surface area contributed by atoms with E-state index in [1.54, 1.807) is 12.4 Å². The third-order valence-electron chi connectivity index (χ3n) is 5.49. The third-order valence-corrected chi connectivity index (χ3v) is 5.49. The summed E-state index contributed by atoms with van der Waals surface area (Å²) >= 11 is 0. The van der Waals surface area contributed by atoms with Gasteiger partial charge < -0.3 is 14.5 Å². The van der Waals surface area contributed by atoms with Crippen molar-refractivity contribution in [2.24, 2.45) is 5.92 Å². The number of hydrogen-bond donors (Lipinski definition) is 0. The van der Waals surface area contributed by atoms with E-state index in [0.717, 1.165) is 57.9 Å². The van der Waals surface area contributed by atoms with Crippen LogP contribution in [0.25, 0.3) is 0 Å². The number of nitrogens with zero attached hydrogens (tertiary/aromatic N) is 4. The van der Waals surface area contributed by atoms with E-state index in [0.29, 0.717) is 30.3 Å². The minimum Gasteiger partial charge on any atom is -0.381 e. The van der Waals surface area contributed by atoms with E-state index in [1.165, 1.54) is 0 Å². The second-order valence-electron chi connectivity index (χ2n) is 6.81. The molecule has 124 valence electrons. The molecule has 3 aliphatic heterocycles. The summed E-state index contributed by atoms with van der Waals surface area (Å²) in [5, 5.41) is 0. The van der Waals surface area contributed by atoms with E-state index in [1.807, 2.05) is 6.07 Å². The van der Waals surface area contributed by atoms with Crippen LogP contribution in [-0.2, 0) is 9.53 Å². The first kappa shape index (κ1) is 14.9. The minimum absolute atomic E-state index is 0.322. The smallest absolute Gasteiger partial charge is 0.225 e. The molecule has 4 heterocycles. The van der Waals surface area contributed by atoms with Gasteiger partial charge in [0.05, 0.1) is 12.1 Å². The van der Waals surface area contributed by atoms with E-state index in [-0.39, 0.29) is 0 Å². The Labute approximate surface area is 136 Å². The van der Waals surface area contributed by atoms with Gasteiger partial charge in [-0.1, -0.05) is 0 Å². The number of aromatic nitrogens is 2. The molecule has 0 aliphatic carbocycles. The summed E-state index contributed by atoms with van der Waals surface area (Å²) in [5.74, 6) is 1.72. The average molecular weight is 316 g/mol. The van der Waals surface area contributed by atoms with Gasteiger partial charge in [0.1, 0.15) is 0 Å². The van der Waals surface area contributed by atoms with Crippen molar-refractivity contribution >= 4 is 11.9 Å². The van der Waals surface area contributed by atoms with E-state index in [9.17, 15) is 4.79 Å². The summed E-state index contributed by atoms with van der Waals surface area (Å²) in [4.78, 5) is 25.8. The normalized spacial score (nSPS) is 29.0. The molecule has 6 heteroatoms. The predicted molar refractivity (Wildman–Crippen MR) is 86.1 cm³/mol. The van der Waals surface area contributed by atoms with Gasteiger partial charge in [0.15, 0.2) is 0 Å². The number of rotatable bonds is 3. The number of carbonyl (C=O) groups is 1. The molecule has 6 nitrogen and oxygen atoms in total. The molecule has 0 saturated carbocycles. The van der Waals surface area contributed by atoms with Crippen LogP contribution in [0.1, 0.15) is 32.1 Å². The molecule has 1 aromatic heterocycles. The summed E-state index contributed by atoms with van der Waals surface area (Å²) in [6.45, 7) is 3.51. The Balaban J connectivity index is 1.49. The van der Waals surface area contributed by atoms with Crippen LogP contribution in [0.3, 0.4) is 0 Å². The number of amides is 1. The molecule has 0 N–H and O–H groups in total. The minimum atomic E-state index is 0.322. The van der Waals surface area contributed by atoms with Crippen molar-refractivity contribution in [3.05, 3.63) is 18.5 Å². The molecule has 2 atom stereocenters. The second kappa shape index (κ2) is 6.43. The summed E-state index contributed by atoms with van der Waals surface area (Å²) in [6.07, 6.45) is 8.34. The Bertz CT molecular complexity index is 547. The van der Waals surface area contributed by atoms with Crippen molar-refractivity contribution in [2.45, 2.75) is 44.2 Å². The second-order valence-corrected chi connectivity index (χ2v) is 6.81. The van der Waals surface area contributed by atoms with Crippen LogP contribution in [0, 0.1) is 5.92 Å². The van der Waals surface area contributed by atoms with Crippen LogP contribution in [-0.4, -0.2) is 59.2 Å². The molecule has 0 radical (unpaired) electrons. The van der Waals surface area contributed by atoms with Crippen LogP contribution in [0.2, 0.25) is 0 Å². The summed E-state index contributed by atoms with van der Waals surface area (Å²) < 4.78 is 5.45. The largest absolute Gasteiger partial charge is 0.381 e. The molecule has 0 aromatic carbocycles. The highest BCUT2D eigenvalue weighted by atomic mass is 16.5. The molecule has 1 amide bonds. The zero-order valence-electron chi connectivity index (χ0n) is 13.4. The number of hydrogen-bond acceptors (Lipinski definition) is 5. The number of fused-ring (bicyclic) bond motifs is 1. The first-order valence-electron chi connectivity index (χ1n) is 8.74. The van der Waals surface area contributed by atoms with E-state index in [4.69, 9.17) is 4.74 Å². The first-order valence-corrected chi connectivity index (χ1v) is 8.74. The lowest BCUT2D eigenvalue weighted by molar-refractivity contribution is -0.137. The maximum absolute atomic E-state index is 12.5. The van der Waals surface area contributed by atoms with Crippen LogP contribution < -0.4 is 4.90 Å². The summed E-state index contributed by atoms with van der Waals surface area (Å²) in [7, 11) is 0. The molecular formula is C17H24N4O2. The fourth-order valence-corrected chi connectivity index (χ4v) is 4.28. The first-order chi connectivity index (χ1) is 11.3. The van der Waals surface area contributed by atoms with Crippen molar-refractivity contribution in [3.63, 3.8) is 0 Å². The van der Waals surface area contributed by atoms with Gasteiger partial charge >= 0.3 is 0 Å². The number of carbonyl (C=O) groups excluding carboxylic acids is 1. The molecule has 3 aliphatic rings. The predicted octanol–water partition coefficient (Wildman–Crippen LogP) is 1.47. The van der Waals surface area contributed by atoms with E-state index in [2.05, 4.69) is 19.8 Å². The molecular weight excluding hydrogens is 292 g/mol. The van der Waals surface area contributed by atoms with E-state index >= 15 is 0 Å². The van der Waals surface area contributed by atoms with Crippen molar-refractivity contribution in [3.8, 4) is 0 Å². The summed E-state index contributed by atoms with van der Waals surface area (Å²) in [5.41, 5.74) is 0. The van der Waals surface area contributed by atoms with Crippen molar-refractivity contribution in [1.29, 1.82) is 0 Å². The zero-order valence-corrected chi connectivity index (χ0v) is 13.4. The monoisotopic (exact) mass is 316 g/mol. The summed E-state index contributed by atoms with van der Waals surface area (Å²) in [6, 6.07) is 2.54. The Morgan fingerprint density at radius 2 is 1.87 bits per heavy atom. The van der Waals surface area contributed by atoms with Crippen LogP contribution >= 0.6 is 0 Å². The molecule has 4 rings (SSSR count). The molecule has 2 unspecified atom stereocenters. The van der Waals surface area contributed by atoms with Crippen molar-refractivity contribution in [2.75, 3.05) is 31.2 Å². The van der Waals surface area contributed by atoms with Gasteiger partial charge in [-0.05, 0) is 37.7 Å². The lowest BCUT2D eigenvalue weighted by Gasteiger charge is -2.41. The highest BCUT2D eigenvalue weighted by molar-refractivity contribution is 5.78. The van der Waals surface area contributed by atoms with Gasteiger partial charge in [-0.15, -0.1) is 0 Å². The van der Waals surface area contributed by atoms with Gasteiger partial charge in [-0.25, -0.2) is 9.97 Å². The van der Waals surface area contributed by atoms with Gasteiger partial charge in [0.2, 0.25) is 11.9 Å². The Morgan fingerprint density at radius 1 is 1.09 bits per heavy atom. The Hall–Kier alpha value is -1.69. The fraction of sp³-hybridized carbons (Fsp3) is 0.706. The van der Waals surface area contributed by atoms with Gasteiger partial charge in [-0.2, -0.15) is 0 Å². The molecule has 0 bridgehead atoms. The number of ether oxygens (including phenoxy) is 1. The lowest BCUT2D eigenvalue weighted by atomic mass is 9.92. The van der Waals surface area contributed by atoms with Crippen molar-refractivity contribution < 1.29 is 9.53 Å². The van der Waals surface area contributed by atoms with Gasteiger partial charge in [0.25, 0.3) is 0 Å². The Morgan fingerprint density at radius 3 is 2.65 bits per heavy atom. The van der Waals surface area contributed by atoms with Gasteiger partial charge in [-0.3, -0.25) is 4.79 Å². The highest BCUT2D eigenvalue weighted by Crippen LogP contribution is 2.34. The standard InChI is InChI=1S/C17H24N4O2/c22-16-3-2-14-15(21(16)12-13-5-10-23-11-6-13)4-9-20(14)17-18-7-1-8-19-17/h1,7-8,13-15H,2-6,9-12H2. The topological polar surface area (TPSA) is 58.6 Å². The van der Waals surface area contributed by atoms with Crippen LogP contribution in [0.15, 0.2) is 18.5 Å². The fourth-order valence-electron chi connectivity index (χ4n) is 4.28. The molecule has 3 saturated heterocycles. The zero-order chi connectivity index (χ0) is 15.6. The molecule has 1 aromatic rings. The number of anilines is 1. The third kappa shape index (κ3) is 2.92. The maximum atomic E-state index is 12.5. The molecule has 0 spiro atoms. The average Bonchev–Trinajstić information content (AvgIpc) is 3.03. The number of likely N-dealkylation sites (tertiary alicyclic amines) is 1. The lowest BCUT2D eigenvalue weighted by Crippen LogP contribution is -2.54. The van der Waals surface area contributed by atoms with Gasteiger partial charge in [0, 0.05) is 45.1 Å². The van der Waals surface area contributed by atoms with Crippen LogP contribution in [0.4, 0.5) is 5.95 Å². The number of piperidine rings is 1.